The fourth-order valence-corrected chi connectivity index (χ4v) is 2.27. The van der Waals surface area contributed by atoms with E-state index in [-0.39, 0.29) is 5.91 Å². The van der Waals surface area contributed by atoms with Crippen molar-refractivity contribution in [2.24, 2.45) is 5.73 Å². The van der Waals surface area contributed by atoms with E-state index in [4.69, 9.17) is 5.73 Å². The normalized spacial score (nSPS) is 15.7. The zero-order valence-corrected chi connectivity index (χ0v) is 11.3. The molecular formula is C17H18N2O. The topological polar surface area (TPSA) is 46.3 Å². The van der Waals surface area contributed by atoms with Crippen molar-refractivity contribution >= 4 is 11.6 Å². The molecule has 0 aliphatic heterocycles. The molecule has 2 aromatic carbocycles. The van der Waals surface area contributed by atoms with Crippen molar-refractivity contribution in [1.29, 1.82) is 0 Å². The van der Waals surface area contributed by atoms with E-state index in [1.54, 1.807) is 4.90 Å². The minimum absolute atomic E-state index is 0.0209. The van der Waals surface area contributed by atoms with Crippen LogP contribution in [0.15, 0.2) is 60.7 Å². The van der Waals surface area contributed by atoms with Crippen molar-refractivity contribution in [2.75, 3.05) is 4.90 Å². The van der Waals surface area contributed by atoms with E-state index < -0.39 is 5.54 Å². The van der Waals surface area contributed by atoms with Gasteiger partial charge in [-0.3, -0.25) is 4.79 Å². The Morgan fingerprint density at radius 3 is 2.10 bits per heavy atom. The third-order valence-corrected chi connectivity index (χ3v) is 3.71. The zero-order chi connectivity index (χ0) is 14.0. The lowest BCUT2D eigenvalue weighted by atomic mass is 10.1. The molecule has 0 saturated heterocycles. The predicted octanol–water partition coefficient (Wildman–Crippen LogP) is 2.71. The van der Waals surface area contributed by atoms with Crippen LogP contribution in [0.5, 0.6) is 0 Å². The average molecular weight is 266 g/mol. The molecule has 3 nitrogen and oxygen atoms in total. The molecule has 3 heteroatoms. The van der Waals surface area contributed by atoms with E-state index >= 15 is 0 Å². The fourth-order valence-electron chi connectivity index (χ4n) is 2.27. The number of nitrogens with zero attached hydrogens (tertiary/aromatic N) is 1. The molecule has 0 bridgehead atoms. The van der Waals surface area contributed by atoms with Crippen LogP contribution >= 0.6 is 0 Å². The molecule has 1 fully saturated rings. The van der Waals surface area contributed by atoms with Gasteiger partial charge in [-0.25, -0.2) is 0 Å². The highest BCUT2D eigenvalue weighted by molar-refractivity contribution is 6.02. The number of hydrogen-bond donors (Lipinski definition) is 1. The Hall–Kier alpha value is -2.13. The number of carbonyl (C=O) groups excluding carboxylic acids is 1. The number of para-hydroxylation sites is 1. The highest BCUT2D eigenvalue weighted by Gasteiger charge is 2.48. The molecule has 2 N–H and O–H groups in total. The van der Waals surface area contributed by atoms with Crippen LogP contribution in [0.1, 0.15) is 18.4 Å². The van der Waals surface area contributed by atoms with Crippen LogP contribution in [0.4, 0.5) is 5.69 Å². The molecule has 1 aliphatic rings. The number of benzene rings is 2. The van der Waals surface area contributed by atoms with Gasteiger partial charge in [0.1, 0.15) is 0 Å². The fraction of sp³-hybridized carbons (Fsp3) is 0.235. The van der Waals surface area contributed by atoms with E-state index in [9.17, 15) is 4.79 Å². The standard InChI is InChI=1S/C17H18N2O/c18-17(11-12-17)16(20)19(15-9-5-2-6-10-15)13-14-7-3-1-4-8-14/h1-10H,11-13,18H2. The van der Waals surface area contributed by atoms with Gasteiger partial charge in [0.15, 0.2) is 0 Å². The number of rotatable bonds is 4. The third kappa shape index (κ3) is 2.58. The number of amides is 1. The molecule has 20 heavy (non-hydrogen) atoms. The van der Waals surface area contributed by atoms with Gasteiger partial charge in [-0.1, -0.05) is 48.5 Å². The van der Waals surface area contributed by atoms with Gasteiger partial charge in [-0.15, -0.1) is 0 Å². The lowest BCUT2D eigenvalue weighted by Gasteiger charge is -2.26. The highest BCUT2D eigenvalue weighted by Crippen LogP contribution is 2.36. The first-order valence-electron chi connectivity index (χ1n) is 6.89. The first-order valence-corrected chi connectivity index (χ1v) is 6.89. The number of carbonyl (C=O) groups is 1. The summed E-state index contributed by atoms with van der Waals surface area (Å²) in [4.78, 5) is 14.4. The monoisotopic (exact) mass is 266 g/mol. The Morgan fingerprint density at radius 1 is 1.00 bits per heavy atom. The summed E-state index contributed by atoms with van der Waals surface area (Å²) in [5, 5.41) is 0. The van der Waals surface area contributed by atoms with Gasteiger partial charge in [-0.05, 0) is 30.5 Å². The minimum Gasteiger partial charge on any atom is -0.317 e. The Labute approximate surface area is 119 Å². The third-order valence-electron chi connectivity index (χ3n) is 3.71. The number of hydrogen-bond acceptors (Lipinski definition) is 2. The molecule has 0 spiro atoms. The molecule has 1 saturated carbocycles. The van der Waals surface area contributed by atoms with E-state index in [1.807, 2.05) is 60.7 Å². The van der Waals surface area contributed by atoms with Crippen LogP contribution in [-0.2, 0) is 11.3 Å². The second-order valence-electron chi connectivity index (χ2n) is 5.37. The maximum Gasteiger partial charge on any atom is 0.247 e. The molecule has 0 heterocycles. The van der Waals surface area contributed by atoms with Crippen molar-refractivity contribution in [3.05, 3.63) is 66.2 Å². The molecule has 2 aromatic rings. The lowest BCUT2D eigenvalue weighted by Crippen LogP contribution is -2.45. The maximum atomic E-state index is 12.6. The van der Waals surface area contributed by atoms with Crippen LogP contribution in [0.3, 0.4) is 0 Å². The molecule has 0 atom stereocenters. The van der Waals surface area contributed by atoms with Gasteiger partial charge in [0.05, 0.1) is 12.1 Å². The van der Waals surface area contributed by atoms with Crippen LogP contribution in [0, 0.1) is 0 Å². The Morgan fingerprint density at radius 2 is 1.55 bits per heavy atom. The second-order valence-corrected chi connectivity index (χ2v) is 5.37. The average Bonchev–Trinajstić information content (AvgIpc) is 3.25. The Kier molecular flexibility index (Phi) is 3.28. The summed E-state index contributed by atoms with van der Waals surface area (Å²) >= 11 is 0. The van der Waals surface area contributed by atoms with Crippen LogP contribution < -0.4 is 10.6 Å². The summed E-state index contributed by atoms with van der Waals surface area (Å²) in [7, 11) is 0. The molecule has 3 rings (SSSR count). The molecule has 1 aliphatic carbocycles. The smallest absolute Gasteiger partial charge is 0.247 e. The summed E-state index contributed by atoms with van der Waals surface area (Å²) < 4.78 is 0. The first-order chi connectivity index (χ1) is 9.69. The number of nitrogens with two attached hydrogens (primary N) is 1. The second kappa shape index (κ2) is 5.10. The molecular weight excluding hydrogens is 248 g/mol. The van der Waals surface area contributed by atoms with E-state index in [0.29, 0.717) is 6.54 Å². The SMILES string of the molecule is NC1(C(=O)N(Cc2ccccc2)c2ccccc2)CC1. The van der Waals surface area contributed by atoms with Crippen molar-refractivity contribution in [2.45, 2.75) is 24.9 Å². The largest absolute Gasteiger partial charge is 0.317 e. The van der Waals surface area contributed by atoms with Crippen molar-refractivity contribution < 1.29 is 4.79 Å². The van der Waals surface area contributed by atoms with Gasteiger partial charge < -0.3 is 10.6 Å². The molecule has 0 unspecified atom stereocenters. The highest BCUT2D eigenvalue weighted by atomic mass is 16.2. The van der Waals surface area contributed by atoms with Gasteiger partial charge in [-0.2, -0.15) is 0 Å². The van der Waals surface area contributed by atoms with E-state index in [0.717, 1.165) is 24.1 Å². The van der Waals surface area contributed by atoms with E-state index in [1.165, 1.54) is 0 Å². The van der Waals surface area contributed by atoms with Crippen molar-refractivity contribution in [3.8, 4) is 0 Å². The molecule has 1 amide bonds. The molecule has 0 aromatic heterocycles. The Balaban J connectivity index is 1.90. The summed E-state index contributed by atoms with van der Waals surface area (Å²) in [5.41, 5.74) is 7.45. The van der Waals surface area contributed by atoms with Gasteiger partial charge >= 0.3 is 0 Å². The van der Waals surface area contributed by atoms with Gasteiger partial charge in [0, 0.05) is 5.69 Å². The van der Waals surface area contributed by atoms with Crippen molar-refractivity contribution in [3.63, 3.8) is 0 Å². The molecule has 0 radical (unpaired) electrons. The summed E-state index contributed by atoms with van der Waals surface area (Å²) in [6.45, 7) is 0.558. The quantitative estimate of drug-likeness (QED) is 0.925. The minimum atomic E-state index is -0.648. The summed E-state index contributed by atoms with van der Waals surface area (Å²) in [6, 6.07) is 19.7. The van der Waals surface area contributed by atoms with E-state index in [2.05, 4.69) is 0 Å². The Bertz CT molecular complexity index is 591. The summed E-state index contributed by atoms with van der Waals surface area (Å²) in [5.74, 6) is 0.0209. The lowest BCUT2D eigenvalue weighted by molar-refractivity contribution is -0.120. The van der Waals surface area contributed by atoms with Gasteiger partial charge in [0.25, 0.3) is 0 Å². The predicted molar refractivity (Wildman–Crippen MR) is 80.2 cm³/mol. The van der Waals surface area contributed by atoms with Crippen LogP contribution in [-0.4, -0.2) is 11.4 Å². The summed E-state index contributed by atoms with van der Waals surface area (Å²) in [6.07, 6.45) is 1.56. The maximum absolute atomic E-state index is 12.6. The van der Waals surface area contributed by atoms with Crippen molar-refractivity contribution in [1.82, 2.24) is 0 Å². The molecule has 102 valence electrons. The van der Waals surface area contributed by atoms with Crippen LogP contribution in [0.2, 0.25) is 0 Å². The van der Waals surface area contributed by atoms with Gasteiger partial charge in [0.2, 0.25) is 5.91 Å². The zero-order valence-electron chi connectivity index (χ0n) is 11.3. The first kappa shape index (κ1) is 12.9. The number of anilines is 1. The van der Waals surface area contributed by atoms with Crippen LogP contribution in [0.25, 0.3) is 0 Å².